The summed E-state index contributed by atoms with van der Waals surface area (Å²) in [6, 6.07) is 1.85. The number of carbonyl (C=O) groups is 2. The number of pyridine rings is 2. The first-order valence-electron chi connectivity index (χ1n) is 11.3. The lowest BCUT2D eigenvalue weighted by Crippen LogP contribution is -2.40. The fourth-order valence-corrected chi connectivity index (χ4v) is 5.13. The second-order valence-corrected chi connectivity index (χ2v) is 11.1. The highest BCUT2D eigenvalue weighted by Crippen LogP contribution is 2.24. The standard InChI is InChI=1S/C22H27FN8O4S/c1-22(2,3)29-36(34,35)16-8-14(10-24-11-16)15-9-17(23)19-26-20(28-31(19)13-15)27-21(33)25-12-18(32)30-6-4-5-7-30/h8-11,13,29H,4-7,12H2,1-3H3,(H2,25,27,28,33). The lowest BCUT2D eigenvalue weighted by Gasteiger charge is -2.20. The van der Waals surface area contributed by atoms with Gasteiger partial charge < -0.3 is 10.2 Å². The minimum Gasteiger partial charge on any atom is -0.341 e. The molecule has 1 fully saturated rings. The number of fused-ring (bicyclic) bond motifs is 1. The summed E-state index contributed by atoms with van der Waals surface area (Å²) in [4.78, 5) is 33.8. The molecular weight excluding hydrogens is 491 g/mol. The first-order chi connectivity index (χ1) is 16.9. The zero-order chi connectivity index (χ0) is 26.1. The Hall–Kier alpha value is -3.65. The van der Waals surface area contributed by atoms with Gasteiger partial charge in [0.05, 0.1) is 6.54 Å². The van der Waals surface area contributed by atoms with Crippen LogP contribution in [0.25, 0.3) is 16.8 Å². The lowest BCUT2D eigenvalue weighted by molar-refractivity contribution is -0.128. The van der Waals surface area contributed by atoms with Crippen molar-refractivity contribution in [3.8, 4) is 11.1 Å². The maximum Gasteiger partial charge on any atom is 0.322 e. The molecule has 36 heavy (non-hydrogen) atoms. The third kappa shape index (κ3) is 5.94. The van der Waals surface area contributed by atoms with Crippen molar-refractivity contribution in [2.24, 2.45) is 0 Å². The predicted molar refractivity (Wildman–Crippen MR) is 129 cm³/mol. The number of rotatable bonds is 6. The molecule has 0 aliphatic carbocycles. The number of hydrogen-bond acceptors (Lipinski definition) is 7. The summed E-state index contributed by atoms with van der Waals surface area (Å²) < 4.78 is 43.8. The largest absolute Gasteiger partial charge is 0.341 e. The van der Waals surface area contributed by atoms with Crippen molar-refractivity contribution >= 4 is 33.6 Å². The summed E-state index contributed by atoms with van der Waals surface area (Å²) in [6.07, 6.45) is 5.94. The van der Waals surface area contributed by atoms with E-state index in [-0.39, 0.29) is 28.9 Å². The van der Waals surface area contributed by atoms with Gasteiger partial charge in [0, 0.05) is 48.3 Å². The molecule has 12 nitrogen and oxygen atoms in total. The first-order valence-corrected chi connectivity index (χ1v) is 12.8. The molecule has 3 amide bonds. The molecule has 4 rings (SSSR count). The van der Waals surface area contributed by atoms with Crippen LogP contribution in [0.1, 0.15) is 33.6 Å². The third-order valence-corrected chi connectivity index (χ3v) is 7.00. The normalized spacial score (nSPS) is 14.3. The molecule has 1 aliphatic rings. The molecule has 14 heteroatoms. The quantitative estimate of drug-likeness (QED) is 0.450. The van der Waals surface area contributed by atoms with Crippen LogP contribution in [0.2, 0.25) is 0 Å². The van der Waals surface area contributed by atoms with E-state index in [2.05, 4.69) is 30.4 Å². The van der Waals surface area contributed by atoms with Gasteiger partial charge in [-0.1, -0.05) is 0 Å². The van der Waals surface area contributed by atoms with Gasteiger partial charge in [0.2, 0.25) is 15.9 Å². The van der Waals surface area contributed by atoms with E-state index in [1.54, 1.807) is 25.7 Å². The number of nitrogens with one attached hydrogen (secondary N) is 3. The molecule has 0 radical (unpaired) electrons. The number of halogens is 1. The fraction of sp³-hybridized carbons (Fsp3) is 0.409. The minimum atomic E-state index is -3.85. The number of sulfonamides is 1. The van der Waals surface area contributed by atoms with Crippen molar-refractivity contribution < 1.29 is 22.4 Å². The van der Waals surface area contributed by atoms with Crippen LogP contribution in [0, 0.1) is 5.82 Å². The average Bonchev–Trinajstić information content (AvgIpc) is 3.46. The summed E-state index contributed by atoms with van der Waals surface area (Å²) in [5.41, 5.74) is -0.195. The Labute approximate surface area is 207 Å². The van der Waals surface area contributed by atoms with Crippen molar-refractivity contribution in [3.05, 3.63) is 36.5 Å². The Morgan fingerprint density at radius 2 is 1.83 bits per heavy atom. The summed E-state index contributed by atoms with van der Waals surface area (Å²) in [5, 5.41) is 8.90. The second kappa shape index (κ2) is 9.78. The van der Waals surface area contributed by atoms with Crippen molar-refractivity contribution in [1.82, 2.24) is 34.5 Å². The Bertz CT molecular complexity index is 1410. The van der Waals surface area contributed by atoms with Gasteiger partial charge in [-0.25, -0.2) is 26.8 Å². The van der Waals surface area contributed by atoms with Crippen LogP contribution >= 0.6 is 0 Å². The van der Waals surface area contributed by atoms with Gasteiger partial charge >= 0.3 is 6.03 Å². The molecule has 0 saturated carbocycles. The maximum atomic E-state index is 14.8. The monoisotopic (exact) mass is 518 g/mol. The SMILES string of the molecule is CC(C)(C)NS(=O)(=O)c1cncc(-c2cc(F)c3nc(NC(=O)NCC(=O)N4CCCC4)nn3c2)c1. The van der Waals surface area contributed by atoms with Gasteiger partial charge in [-0.05, 0) is 45.7 Å². The Morgan fingerprint density at radius 3 is 2.53 bits per heavy atom. The van der Waals surface area contributed by atoms with E-state index in [9.17, 15) is 22.4 Å². The van der Waals surface area contributed by atoms with Gasteiger partial charge in [0.1, 0.15) is 4.90 Å². The van der Waals surface area contributed by atoms with Gasteiger partial charge in [-0.15, -0.1) is 5.10 Å². The molecule has 0 unspecified atom stereocenters. The molecule has 1 aliphatic heterocycles. The minimum absolute atomic E-state index is 0.0727. The highest BCUT2D eigenvalue weighted by Gasteiger charge is 2.23. The van der Waals surface area contributed by atoms with Crippen molar-refractivity contribution in [2.45, 2.75) is 44.0 Å². The maximum absolute atomic E-state index is 14.8. The van der Waals surface area contributed by atoms with Gasteiger partial charge in [-0.2, -0.15) is 4.98 Å². The predicted octanol–water partition coefficient (Wildman–Crippen LogP) is 1.75. The van der Waals surface area contributed by atoms with Gasteiger partial charge in [0.25, 0.3) is 5.95 Å². The molecule has 3 aromatic rings. The number of hydrogen-bond donors (Lipinski definition) is 3. The van der Waals surface area contributed by atoms with E-state index < -0.39 is 27.4 Å². The summed E-state index contributed by atoms with van der Waals surface area (Å²) >= 11 is 0. The lowest BCUT2D eigenvalue weighted by atomic mass is 10.1. The Balaban J connectivity index is 1.51. The Kier molecular flexibility index (Phi) is 6.91. The number of anilines is 1. The van der Waals surface area contributed by atoms with Gasteiger partial charge in [0.15, 0.2) is 11.5 Å². The first kappa shape index (κ1) is 25.4. The topological polar surface area (TPSA) is 151 Å². The molecule has 3 aromatic heterocycles. The van der Waals surface area contributed by atoms with Crippen LogP contribution in [0.4, 0.5) is 15.1 Å². The van der Waals surface area contributed by atoms with E-state index >= 15 is 0 Å². The van der Waals surface area contributed by atoms with Crippen molar-refractivity contribution in [2.75, 3.05) is 25.0 Å². The molecule has 3 N–H and O–H groups in total. The number of carbonyl (C=O) groups excluding carboxylic acids is 2. The average molecular weight is 519 g/mol. The van der Waals surface area contributed by atoms with Crippen LogP contribution in [0.3, 0.4) is 0 Å². The van der Waals surface area contributed by atoms with E-state index in [1.165, 1.54) is 30.7 Å². The van der Waals surface area contributed by atoms with E-state index in [1.807, 2.05) is 0 Å². The van der Waals surface area contributed by atoms with E-state index in [0.29, 0.717) is 24.2 Å². The molecule has 192 valence electrons. The van der Waals surface area contributed by atoms with Crippen LogP contribution in [-0.2, 0) is 14.8 Å². The molecule has 0 atom stereocenters. The number of amides is 3. The number of likely N-dealkylation sites (tertiary alicyclic amines) is 1. The summed E-state index contributed by atoms with van der Waals surface area (Å²) in [5.74, 6) is -1.09. The van der Waals surface area contributed by atoms with E-state index in [4.69, 9.17) is 0 Å². The molecule has 0 aromatic carbocycles. The molecule has 0 spiro atoms. The van der Waals surface area contributed by atoms with Crippen LogP contribution in [0.5, 0.6) is 0 Å². The number of urea groups is 1. The van der Waals surface area contributed by atoms with Crippen molar-refractivity contribution in [3.63, 3.8) is 0 Å². The van der Waals surface area contributed by atoms with Crippen LogP contribution < -0.4 is 15.4 Å². The smallest absolute Gasteiger partial charge is 0.322 e. The zero-order valence-electron chi connectivity index (χ0n) is 20.1. The van der Waals surface area contributed by atoms with Crippen LogP contribution in [-0.4, -0.2) is 70.0 Å². The second-order valence-electron chi connectivity index (χ2n) is 9.44. The Morgan fingerprint density at radius 1 is 1.11 bits per heavy atom. The molecule has 4 heterocycles. The number of nitrogens with zero attached hydrogens (tertiary/aromatic N) is 5. The van der Waals surface area contributed by atoms with Crippen molar-refractivity contribution in [1.29, 1.82) is 0 Å². The summed E-state index contributed by atoms with van der Waals surface area (Å²) in [7, 11) is -3.85. The highest BCUT2D eigenvalue weighted by atomic mass is 32.2. The van der Waals surface area contributed by atoms with Crippen LogP contribution in [0.15, 0.2) is 35.6 Å². The molecular formula is C22H27FN8O4S. The number of aromatic nitrogens is 4. The zero-order valence-corrected chi connectivity index (χ0v) is 20.9. The summed E-state index contributed by atoms with van der Waals surface area (Å²) in [6.45, 7) is 6.33. The molecule has 1 saturated heterocycles. The third-order valence-electron chi connectivity index (χ3n) is 5.27. The highest BCUT2D eigenvalue weighted by molar-refractivity contribution is 7.89. The van der Waals surface area contributed by atoms with Gasteiger partial charge in [-0.3, -0.25) is 15.1 Å². The van der Waals surface area contributed by atoms with E-state index in [0.717, 1.165) is 17.4 Å². The molecule has 0 bridgehead atoms. The fourth-order valence-electron chi connectivity index (χ4n) is 3.72.